The second-order valence-electron chi connectivity index (χ2n) is 9.71. The van der Waals surface area contributed by atoms with Crippen LogP contribution in [-0.4, -0.2) is 31.8 Å². The van der Waals surface area contributed by atoms with Gasteiger partial charge in [0.25, 0.3) is 5.91 Å². The van der Waals surface area contributed by atoms with E-state index in [2.05, 4.69) is 5.32 Å². The van der Waals surface area contributed by atoms with Crippen molar-refractivity contribution in [3.8, 4) is 11.5 Å². The largest absolute Gasteiger partial charge is 0.493 e. The molecule has 0 aliphatic heterocycles. The monoisotopic (exact) mass is 602 g/mol. The SMILES string of the molecule is CCOC(=O)c1ccc(COc2c(Cl)cc(C=Nc3sc4c(c3C(=O)Nc3ccccc3)CCCC4)cc2OC)cc1. The van der Waals surface area contributed by atoms with E-state index in [1.807, 2.05) is 30.3 Å². The van der Waals surface area contributed by atoms with E-state index in [1.54, 1.807) is 68.0 Å². The molecule has 4 aromatic rings. The summed E-state index contributed by atoms with van der Waals surface area (Å²) in [5, 5.41) is 4.07. The average Bonchev–Trinajstić information content (AvgIpc) is 3.38. The number of nitrogens with one attached hydrogen (secondary N) is 1. The Morgan fingerprint density at radius 3 is 2.55 bits per heavy atom. The molecule has 9 heteroatoms. The van der Waals surface area contributed by atoms with Gasteiger partial charge in [0.15, 0.2) is 11.5 Å². The number of esters is 1. The number of hydrogen-bond acceptors (Lipinski definition) is 7. The van der Waals surface area contributed by atoms with Crippen LogP contribution in [0.1, 0.15) is 62.0 Å². The first-order valence-electron chi connectivity index (χ1n) is 13.8. The number of ether oxygens (including phenoxy) is 3. The van der Waals surface area contributed by atoms with Crippen molar-refractivity contribution in [2.24, 2.45) is 4.99 Å². The molecule has 0 radical (unpaired) electrons. The number of carbonyl (C=O) groups is 2. The fourth-order valence-electron chi connectivity index (χ4n) is 4.79. The molecule has 1 amide bonds. The molecule has 1 N–H and O–H groups in total. The smallest absolute Gasteiger partial charge is 0.338 e. The maximum atomic E-state index is 13.4. The molecule has 0 saturated heterocycles. The fraction of sp³-hybridized carbons (Fsp3) is 0.242. The zero-order valence-corrected chi connectivity index (χ0v) is 25.0. The summed E-state index contributed by atoms with van der Waals surface area (Å²) < 4.78 is 16.6. The Labute approximate surface area is 254 Å². The standard InChI is InChI=1S/C33H31ClN2O5S/c1-3-40-33(38)23-15-13-21(14-16-23)20-41-30-26(34)17-22(18-27(30)39-2)19-35-32-29(25-11-7-8-12-28(25)42-32)31(37)36-24-9-5-4-6-10-24/h4-6,9-10,13-19H,3,7-8,11-12,20H2,1-2H3,(H,36,37). The summed E-state index contributed by atoms with van der Waals surface area (Å²) in [6.07, 6.45) is 5.69. The van der Waals surface area contributed by atoms with E-state index in [-0.39, 0.29) is 18.5 Å². The second kappa shape index (κ2) is 13.7. The van der Waals surface area contributed by atoms with Crippen LogP contribution in [-0.2, 0) is 24.2 Å². The molecule has 216 valence electrons. The Morgan fingerprint density at radius 1 is 1.05 bits per heavy atom. The van der Waals surface area contributed by atoms with Gasteiger partial charge in [-0.1, -0.05) is 41.9 Å². The van der Waals surface area contributed by atoms with Crippen LogP contribution in [0.5, 0.6) is 11.5 Å². The highest BCUT2D eigenvalue weighted by Crippen LogP contribution is 2.41. The number of benzene rings is 3. The number of carbonyl (C=O) groups excluding carboxylic acids is 2. The third kappa shape index (κ3) is 6.83. The minimum atomic E-state index is -0.362. The van der Waals surface area contributed by atoms with Gasteiger partial charge >= 0.3 is 5.97 Å². The number of aryl methyl sites for hydroxylation is 1. The van der Waals surface area contributed by atoms with Crippen molar-refractivity contribution in [2.45, 2.75) is 39.2 Å². The first-order chi connectivity index (χ1) is 20.5. The average molecular weight is 603 g/mol. The highest BCUT2D eigenvalue weighted by molar-refractivity contribution is 7.16. The first-order valence-corrected chi connectivity index (χ1v) is 15.0. The predicted octanol–water partition coefficient (Wildman–Crippen LogP) is 8.05. The van der Waals surface area contributed by atoms with Crippen molar-refractivity contribution in [3.63, 3.8) is 0 Å². The summed E-state index contributed by atoms with van der Waals surface area (Å²) in [6.45, 7) is 2.32. The van der Waals surface area contributed by atoms with Gasteiger partial charge in [-0.05, 0) is 85.7 Å². The lowest BCUT2D eigenvalue weighted by atomic mass is 9.95. The van der Waals surface area contributed by atoms with Crippen molar-refractivity contribution in [1.29, 1.82) is 0 Å². The number of amides is 1. The van der Waals surface area contributed by atoms with Crippen molar-refractivity contribution in [1.82, 2.24) is 0 Å². The number of thiophene rings is 1. The normalized spacial score (nSPS) is 12.5. The Hall–Kier alpha value is -4.14. The topological polar surface area (TPSA) is 86.2 Å². The molecular weight excluding hydrogens is 572 g/mol. The van der Waals surface area contributed by atoms with Gasteiger partial charge in [-0.25, -0.2) is 9.79 Å². The minimum Gasteiger partial charge on any atom is -0.493 e. The van der Waals surface area contributed by atoms with Crippen LogP contribution < -0.4 is 14.8 Å². The van der Waals surface area contributed by atoms with Gasteiger partial charge in [0.1, 0.15) is 11.6 Å². The second-order valence-corrected chi connectivity index (χ2v) is 11.2. The van der Waals surface area contributed by atoms with Gasteiger partial charge < -0.3 is 19.5 Å². The summed E-state index contributed by atoms with van der Waals surface area (Å²) in [6, 6.07) is 20.0. The van der Waals surface area contributed by atoms with Crippen LogP contribution in [0.25, 0.3) is 0 Å². The van der Waals surface area contributed by atoms with Crippen LogP contribution >= 0.6 is 22.9 Å². The van der Waals surface area contributed by atoms with Gasteiger partial charge in [-0.2, -0.15) is 0 Å². The molecule has 0 saturated carbocycles. The predicted molar refractivity (Wildman–Crippen MR) is 167 cm³/mol. The molecule has 0 spiro atoms. The number of nitrogens with zero attached hydrogens (tertiary/aromatic N) is 1. The van der Waals surface area contributed by atoms with E-state index >= 15 is 0 Å². The van der Waals surface area contributed by atoms with Crippen LogP contribution in [0, 0.1) is 0 Å². The number of halogens is 1. The molecule has 0 atom stereocenters. The molecule has 7 nitrogen and oxygen atoms in total. The molecule has 3 aromatic carbocycles. The Kier molecular flexibility index (Phi) is 9.56. The third-order valence-electron chi connectivity index (χ3n) is 6.84. The van der Waals surface area contributed by atoms with Gasteiger partial charge in [-0.15, -0.1) is 11.3 Å². The molecule has 0 unspecified atom stereocenters. The maximum Gasteiger partial charge on any atom is 0.338 e. The van der Waals surface area contributed by atoms with Crippen molar-refractivity contribution >= 4 is 51.7 Å². The summed E-state index contributed by atoms with van der Waals surface area (Å²) in [5.41, 5.74) is 4.53. The van der Waals surface area contributed by atoms with Crippen LogP contribution in [0.2, 0.25) is 5.02 Å². The highest BCUT2D eigenvalue weighted by Gasteiger charge is 2.25. The van der Waals surface area contributed by atoms with E-state index in [0.29, 0.717) is 44.8 Å². The number of anilines is 1. The molecule has 1 heterocycles. The number of methoxy groups -OCH3 is 1. The van der Waals surface area contributed by atoms with Crippen molar-refractivity contribution < 1.29 is 23.8 Å². The van der Waals surface area contributed by atoms with Gasteiger partial charge in [0.2, 0.25) is 0 Å². The number of aliphatic imine (C=N–C) groups is 1. The lowest BCUT2D eigenvalue weighted by Gasteiger charge is -2.14. The Bertz CT molecular complexity index is 1600. The van der Waals surface area contributed by atoms with E-state index in [9.17, 15) is 9.59 Å². The van der Waals surface area contributed by atoms with Gasteiger partial charge in [-0.3, -0.25) is 4.79 Å². The maximum absolute atomic E-state index is 13.4. The number of hydrogen-bond donors (Lipinski definition) is 1. The third-order valence-corrected chi connectivity index (χ3v) is 8.32. The molecule has 1 aliphatic rings. The van der Waals surface area contributed by atoms with E-state index in [0.717, 1.165) is 42.5 Å². The summed E-state index contributed by atoms with van der Waals surface area (Å²) in [7, 11) is 1.55. The summed E-state index contributed by atoms with van der Waals surface area (Å²) >= 11 is 8.20. The molecule has 0 bridgehead atoms. The first kappa shape index (κ1) is 29.4. The lowest BCUT2D eigenvalue weighted by molar-refractivity contribution is 0.0526. The van der Waals surface area contributed by atoms with Crippen molar-refractivity contribution in [3.05, 3.63) is 104 Å². The van der Waals surface area contributed by atoms with E-state index in [4.69, 9.17) is 30.8 Å². The molecule has 1 aromatic heterocycles. The number of fused-ring (bicyclic) bond motifs is 1. The molecule has 42 heavy (non-hydrogen) atoms. The minimum absolute atomic E-state index is 0.151. The van der Waals surface area contributed by atoms with E-state index < -0.39 is 0 Å². The summed E-state index contributed by atoms with van der Waals surface area (Å²) in [4.78, 5) is 31.3. The van der Waals surface area contributed by atoms with Gasteiger partial charge in [0.05, 0.1) is 29.9 Å². The van der Waals surface area contributed by atoms with Crippen LogP contribution in [0.15, 0.2) is 71.7 Å². The highest BCUT2D eigenvalue weighted by atomic mass is 35.5. The van der Waals surface area contributed by atoms with Crippen molar-refractivity contribution in [2.75, 3.05) is 19.0 Å². The number of rotatable bonds is 10. The van der Waals surface area contributed by atoms with E-state index in [1.165, 1.54) is 4.88 Å². The van der Waals surface area contributed by atoms with Crippen LogP contribution in [0.4, 0.5) is 10.7 Å². The zero-order chi connectivity index (χ0) is 29.5. The molecular formula is C33H31ClN2O5S. The number of para-hydroxylation sites is 1. The molecule has 1 aliphatic carbocycles. The fourth-order valence-corrected chi connectivity index (χ4v) is 6.29. The Morgan fingerprint density at radius 2 is 1.81 bits per heavy atom. The summed E-state index contributed by atoms with van der Waals surface area (Å²) in [5.74, 6) is 0.348. The van der Waals surface area contributed by atoms with Crippen LogP contribution in [0.3, 0.4) is 0 Å². The molecule has 0 fully saturated rings. The zero-order valence-electron chi connectivity index (χ0n) is 23.4. The van der Waals surface area contributed by atoms with Gasteiger partial charge in [0, 0.05) is 16.8 Å². The molecule has 5 rings (SSSR count). The quantitative estimate of drug-likeness (QED) is 0.147. The lowest BCUT2D eigenvalue weighted by Crippen LogP contribution is -2.14. The Balaban J connectivity index is 1.35.